The SMILES string of the molecule is O=c1cnc2nc(Sc3ccc(F)cc3F)ncc2n1-c1c(Cl)cccc1Cl. The third-order valence-electron chi connectivity index (χ3n) is 3.74. The maximum atomic E-state index is 13.9. The van der Waals surface area contributed by atoms with Crippen molar-refractivity contribution in [2.24, 2.45) is 0 Å². The highest BCUT2D eigenvalue weighted by Gasteiger charge is 2.16. The second-order valence-corrected chi connectivity index (χ2v) is 7.36. The molecule has 0 N–H and O–H groups in total. The van der Waals surface area contributed by atoms with Gasteiger partial charge in [0.15, 0.2) is 10.8 Å². The van der Waals surface area contributed by atoms with Crippen LogP contribution in [0.3, 0.4) is 0 Å². The molecule has 140 valence electrons. The molecule has 0 aliphatic rings. The number of hydrogen-bond donors (Lipinski definition) is 0. The summed E-state index contributed by atoms with van der Waals surface area (Å²) in [4.78, 5) is 25.0. The largest absolute Gasteiger partial charge is 0.274 e. The molecule has 0 unspecified atom stereocenters. The third kappa shape index (κ3) is 3.46. The van der Waals surface area contributed by atoms with Crippen LogP contribution in [-0.4, -0.2) is 19.5 Å². The second-order valence-electron chi connectivity index (χ2n) is 5.54. The highest BCUT2D eigenvalue weighted by Crippen LogP contribution is 2.31. The van der Waals surface area contributed by atoms with Crippen LogP contribution in [0.5, 0.6) is 0 Å². The van der Waals surface area contributed by atoms with E-state index in [1.54, 1.807) is 18.2 Å². The first-order chi connectivity index (χ1) is 13.4. The van der Waals surface area contributed by atoms with E-state index in [9.17, 15) is 13.6 Å². The summed E-state index contributed by atoms with van der Waals surface area (Å²) in [6.45, 7) is 0. The van der Waals surface area contributed by atoms with E-state index >= 15 is 0 Å². The molecule has 4 aromatic rings. The minimum Gasteiger partial charge on any atom is -0.268 e. The van der Waals surface area contributed by atoms with Gasteiger partial charge in [-0.05, 0) is 36.0 Å². The summed E-state index contributed by atoms with van der Waals surface area (Å²) in [6.07, 6.45) is 2.46. The van der Waals surface area contributed by atoms with E-state index in [1.165, 1.54) is 16.8 Å². The van der Waals surface area contributed by atoms with E-state index in [0.29, 0.717) is 0 Å². The first-order valence-corrected chi connectivity index (χ1v) is 9.33. The summed E-state index contributed by atoms with van der Waals surface area (Å²) < 4.78 is 28.2. The minimum atomic E-state index is -0.727. The molecule has 0 fully saturated rings. The molecule has 28 heavy (non-hydrogen) atoms. The standard InChI is InChI=1S/C18H8Cl2F2N4OS/c19-10-2-1-3-11(20)16(10)26-13-7-24-18(25-17(13)23-8-15(26)27)28-14-5-4-9(21)6-12(14)22/h1-8H. The molecule has 0 atom stereocenters. The number of fused-ring (bicyclic) bond motifs is 1. The molecule has 0 aliphatic heterocycles. The van der Waals surface area contributed by atoms with E-state index in [0.717, 1.165) is 30.1 Å². The van der Waals surface area contributed by atoms with Crippen LogP contribution < -0.4 is 5.56 Å². The number of halogens is 4. The van der Waals surface area contributed by atoms with Crippen molar-refractivity contribution < 1.29 is 8.78 Å². The molecule has 2 heterocycles. The van der Waals surface area contributed by atoms with Gasteiger partial charge in [0, 0.05) is 6.07 Å². The Bertz CT molecular complexity index is 1260. The van der Waals surface area contributed by atoms with Crippen molar-refractivity contribution in [2.45, 2.75) is 10.1 Å². The monoisotopic (exact) mass is 436 g/mol. The Morgan fingerprint density at radius 2 is 1.75 bits per heavy atom. The van der Waals surface area contributed by atoms with Crippen molar-refractivity contribution in [3.8, 4) is 5.69 Å². The molecule has 10 heteroatoms. The van der Waals surface area contributed by atoms with Crippen molar-refractivity contribution in [3.05, 3.63) is 80.8 Å². The maximum Gasteiger partial charge on any atom is 0.274 e. The molecular weight excluding hydrogens is 429 g/mol. The van der Waals surface area contributed by atoms with Crippen LogP contribution in [-0.2, 0) is 0 Å². The quantitative estimate of drug-likeness (QED) is 0.427. The number of benzene rings is 2. The average molecular weight is 437 g/mol. The lowest BCUT2D eigenvalue weighted by molar-refractivity contribution is 0.565. The van der Waals surface area contributed by atoms with Crippen LogP contribution in [0.2, 0.25) is 10.0 Å². The predicted octanol–water partition coefficient (Wildman–Crippen LogP) is 4.91. The zero-order chi connectivity index (χ0) is 19.8. The van der Waals surface area contributed by atoms with E-state index in [4.69, 9.17) is 23.2 Å². The average Bonchev–Trinajstić information content (AvgIpc) is 2.65. The van der Waals surface area contributed by atoms with Crippen molar-refractivity contribution in [3.63, 3.8) is 0 Å². The lowest BCUT2D eigenvalue weighted by Crippen LogP contribution is -2.20. The molecule has 0 amide bonds. The Morgan fingerprint density at radius 3 is 2.46 bits per heavy atom. The fraction of sp³-hybridized carbons (Fsp3) is 0. The molecule has 2 aromatic heterocycles. The normalized spacial score (nSPS) is 11.1. The van der Waals surface area contributed by atoms with Gasteiger partial charge in [-0.2, -0.15) is 0 Å². The summed E-state index contributed by atoms with van der Waals surface area (Å²) in [5, 5.41) is 0.726. The molecule has 0 radical (unpaired) electrons. The first kappa shape index (κ1) is 18.8. The summed E-state index contributed by atoms with van der Waals surface area (Å²) in [5.41, 5.74) is 0.301. The van der Waals surface area contributed by atoms with Crippen LogP contribution in [0.25, 0.3) is 16.9 Å². The lowest BCUT2D eigenvalue weighted by Gasteiger charge is -2.12. The van der Waals surface area contributed by atoms with E-state index in [1.807, 2.05) is 0 Å². The number of nitrogens with zero attached hydrogens (tertiary/aromatic N) is 4. The van der Waals surface area contributed by atoms with Gasteiger partial charge in [0.05, 0.1) is 33.0 Å². The molecular formula is C18H8Cl2F2N4OS. The first-order valence-electron chi connectivity index (χ1n) is 7.76. The summed E-state index contributed by atoms with van der Waals surface area (Å²) in [5.74, 6) is -1.40. The molecule has 0 saturated heterocycles. The van der Waals surface area contributed by atoms with Gasteiger partial charge in [-0.3, -0.25) is 9.36 Å². The molecule has 0 aliphatic carbocycles. The number of aromatic nitrogens is 4. The van der Waals surface area contributed by atoms with Gasteiger partial charge in [-0.1, -0.05) is 29.3 Å². The molecule has 0 spiro atoms. The molecule has 0 saturated carbocycles. The van der Waals surface area contributed by atoms with Crippen LogP contribution in [0.1, 0.15) is 0 Å². The van der Waals surface area contributed by atoms with Crippen LogP contribution in [0, 0.1) is 11.6 Å². The fourth-order valence-corrected chi connectivity index (χ4v) is 3.83. The zero-order valence-electron chi connectivity index (χ0n) is 13.7. The molecule has 2 aromatic carbocycles. The number of para-hydroxylation sites is 1. The van der Waals surface area contributed by atoms with E-state index < -0.39 is 17.2 Å². The predicted molar refractivity (Wildman–Crippen MR) is 103 cm³/mol. The highest BCUT2D eigenvalue weighted by atomic mass is 35.5. The van der Waals surface area contributed by atoms with Crippen LogP contribution in [0.4, 0.5) is 8.78 Å². The van der Waals surface area contributed by atoms with Gasteiger partial charge in [0.2, 0.25) is 0 Å². The fourth-order valence-electron chi connectivity index (χ4n) is 2.54. The highest BCUT2D eigenvalue weighted by molar-refractivity contribution is 7.99. The van der Waals surface area contributed by atoms with Crippen molar-refractivity contribution in [2.75, 3.05) is 0 Å². The smallest absolute Gasteiger partial charge is 0.268 e. The molecule has 5 nitrogen and oxygen atoms in total. The Morgan fingerprint density at radius 1 is 1.00 bits per heavy atom. The molecule has 4 rings (SSSR count). The van der Waals surface area contributed by atoms with Gasteiger partial charge >= 0.3 is 0 Å². The zero-order valence-corrected chi connectivity index (χ0v) is 16.1. The van der Waals surface area contributed by atoms with Gasteiger partial charge in [0.1, 0.15) is 17.2 Å². The van der Waals surface area contributed by atoms with Crippen LogP contribution >= 0.6 is 35.0 Å². The van der Waals surface area contributed by atoms with Crippen LogP contribution in [0.15, 0.2) is 63.6 Å². The number of rotatable bonds is 3. The molecule has 0 bridgehead atoms. The summed E-state index contributed by atoms with van der Waals surface area (Å²) in [6, 6.07) is 8.07. The minimum absolute atomic E-state index is 0.156. The Hall–Kier alpha value is -2.55. The van der Waals surface area contributed by atoms with E-state index in [2.05, 4.69) is 15.0 Å². The second kappa shape index (κ2) is 7.46. The Labute approximate surface area is 171 Å². The Kier molecular flexibility index (Phi) is 5.01. The van der Waals surface area contributed by atoms with Crippen molar-refractivity contribution in [1.82, 2.24) is 19.5 Å². The third-order valence-corrected chi connectivity index (χ3v) is 5.28. The lowest BCUT2D eigenvalue weighted by atomic mass is 10.3. The maximum absolute atomic E-state index is 13.9. The number of hydrogen-bond acceptors (Lipinski definition) is 5. The van der Waals surface area contributed by atoms with Gasteiger partial charge in [0.25, 0.3) is 5.56 Å². The summed E-state index contributed by atoms with van der Waals surface area (Å²) in [7, 11) is 0. The Balaban J connectivity index is 1.84. The van der Waals surface area contributed by atoms with Gasteiger partial charge < -0.3 is 0 Å². The summed E-state index contributed by atoms with van der Waals surface area (Å²) >= 11 is 13.4. The topological polar surface area (TPSA) is 60.7 Å². The van der Waals surface area contributed by atoms with Crippen molar-refractivity contribution >= 4 is 46.1 Å². The van der Waals surface area contributed by atoms with E-state index in [-0.39, 0.29) is 36.9 Å². The van der Waals surface area contributed by atoms with Gasteiger partial charge in [-0.25, -0.2) is 23.7 Å². The van der Waals surface area contributed by atoms with Crippen molar-refractivity contribution in [1.29, 1.82) is 0 Å². The van der Waals surface area contributed by atoms with Gasteiger partial charge in [-0.15, -0.1) is 0 Å².